The van der Waals surface area contributed by atoms with Crippen LogP contribution in [0.15, 0.2) is 70.2 Å². The maximum Gasteiger partial charge on any atom is 0.261 e. The van der Waals surface area contributed by atoms with Gasteiger partial charge >= 0.3 is 0 Å². The number of sulfonamides is 1. The minimum Gasteiger partial charge on any atom is -0.506 e. The van der Waals surface area contributed by atoms with Gasteiger partial charge in [0, 0.05) is 18.3 Å². The fraction of sp³-hybridized carbons (Fsp3) is 0.120. The number of aryl methyl sites for hydroxylation is 1. The molecule has 15 heteroatoms. The van der Waals surface area contributed by atoms with Crippen molar-refractivity contribution in [3.05, 3.63) is 77.0 Å². The lowest BCUT2D eigenvalue weighted by Crippen LogP contribution is -2.16. The number of carbonyl (C=O) groups is 1. The molecule has 0 saturated heterocycles. The summed E-state index contributed by atoms with van der Waals surface area (Å²) in [6.45, 7) is 0.597. The zero-order valence-electron chi connectivity index (χ0n) is 20.7. The molecular weight excluding hydrogens is 560 g/mol. The molecule has 5 aromatic rings. The maximum atomic E-state index is 12.8. The fourth-order valence-corrected chi connectivity index (χ4v) is 5.29. The Kier molecular flexibility index (Phi) is 7.19. The largest absolute Gasteiger partial charge is 0.506 e. The van der Waals surface area contributed by atoms with Crippen molar-refractivity contribution in [1.29, 1.82) is 0 Å². The van der Waals surface area contributed by atoms with E-state index < -0.39 is 27.2 Å². The van der Waals surface area contributed by atoms with Gasteiger partial charge in [-0.2, -0.15) is 9.50 Å². The Hall–Kier alpha value is -4.82. The molecule has 3 aromatic heterocycles. The molecule has 3 heterocycles. The number of aromatic nitrogens is 4. The number of carbonyl (C=O) groups excluding carboxylic acids is 1. The number of nitrogens with two attached hydrogens (primary N) is 2. The molecule has 0 radical (unpaired) electrons. The third-order valence-corrected chi connectivity index (χ3v) is 7.51. The molecule has 5 rings (SSSR count). The van der Waals surface area contributed by atoms with Crippen molar-refractivity contribution in [2.75, 3.05) is 22.3 Å². The Bertz CT molecular complexity index is 1810. The maximum absolute atomic E-state index is 12.8. The molecule has 0 fully saturated rings. The molecule has 0 saturated carbocycles. The monoisotopic (exact) mass is 582 g/mol. The lowest BCUT2D eigenvalue weighted by Gasteiger charge is -2.11. The number of rotatable bonds is 10. The number of halogens is 1. The SMILES string of the molecule is NC(=O)c1cc(S(=O)(=O)Nc2ccc(CCCNc3cc4nc(-c5ccco5)nn4c(N)n3)cc2)cc(Cl)c1O. The first kappa shape index (κ1) is 26.8. The summed E-state index contributed by atoms with van der Waals surface area (Å²) in [5, 5.41) is 17.1. The normalized spacial score (nSPS) is 11.5. The highest BCUT2D eigenvalue weighted by atomic mass is 35.5. The van der Waals surface area contributed by atoms with Crippen molar-refractivity contribution in [2.45, 2.75) is 17.7 Å². The van der Waals surface area contributed by atoms with E-state index in [4.69, 9.17) is 27.5 Å². The lowest BCUT2D eigenvalue weighted by atomic mass is 10.1. The molecule has 0 aliphatic heterocycles. The van der Waals surface area contributed by atoms with Crippen molar-refractivity contribution in [3.8, 4) is 17.3 Å². The second kappa shape index (κ2) is 10.7. The van der Waals surface area contributed by atoms with Gasteiger partial charge in [0.25, 0.3) is 15.9 Å². The number of phenols is 1. The van der Waals surface area contributed by atoms with E-state index >= 15 is 0 Å². The Morgan fingerprint density at radius 2 is 1.90 bits per heavy atom. The smallest absolute Gasteiger partial charge is 0.261 e. The van der Waals surface area contributed by atoms with Crippen LogP contribution in [0.5, 0.6) is 5.75 Å². The van der Waals surface area contributed by atoms with Gasteiger partial charge in [-0.05, 0) is 54.8 Å². The van der Waals surface area contributed by atoms with Gasteiger partial charge in [0.1, 0.15) is 11.6 Å². The van der Waals surface area contributed by atoms with Crippen LogP contribution in [-0.2, 0) is 16.4 Å². The first-order valence-electron chi connectivity index (χ1n) is 11.9. The van der Waals surface area contributed by atoms with Crippen LogP contribution in [0.2, 0.25) is 5.02 Å². The molecule has 40 heavy (non-hydrogen) atoms. The number of aromatic hydroxyl groups is 1. The fourth-order valence-electron chi connectivity index (χ4n) is 3.89. The number of furan rings is 1. The zero-order valence-corrected chi connectivity index (χ0v) is 22.3. The van der Waals surface area contributed by atoms with E-state index in [2.05, 4.69) is 25.1 Å². The first-order chi connectivity index (χ1) is 19.1. The molecule has 0 spiro atoms. The van der Waals surface area contributed by atoms with E-state index in [9.17, 15) is 18.3 Å². The van der Waals surface area contributed by atoms with Crippen LogP contribution in [-0.4, -0.2) is 45.6 Å². The van der Waals surface area contributed by atoms with Crippen molar-refractivity contribution in [1.82, 2.24) is 19.6 Å². The first-order valence-corrected chi connectivity index (χ1v) is 13.7. The highest BCUT2D eigenvalue weighted by Crippen LogP contribution is 2.31. The molecule has 1 amide bonds. The Balaban J connectivity index is 1.17. The molecular formula is C25H23ClN8O5S. The van der Waals surface area contributed by atoms with E-state index in [1.165, 1.54) is 10.8 Å². The van der Waals surface area contributed by atoms with E-state index in [1.807, 2.05) is 0 Å². The summed E-state index contributed by atoms with van der Waals surface area (Å²) >= 11 is 5.87. The quantitative estimate of drug-likeness (QED) is 0.152. The number of fused-ring (bicyclic) bond motifs is 1. The minimum absolute atomic E-state index is 0.184. The molecule has 0 atom stereocenters. The minimum atomic E-state index is -4.10. The number of amides is 1. The number of nitrogens with zero attached hydrogens (tertiary/aromatic N) is 4. The van der Waals surface area contributed by atoms with Gasteiger partial charge in [0.05, 0.1) is 21.7 Å². The third-order valence-electron chi connectivity index (χ3n) is 5.86. The second-order valence-electron chi connectivity index (χ2n) is 8.68. The van der Waals surface area contributed by atoms with Gasteiger partial charge in [0.2, 0.25) is 11.8 Å². The van der Waals surface area contributed by atoms with E-state index in [1.54, 1.807) is 42.5 Å². The van der Waals surface area contributed by atoms with E-state index in [0.717, 1.165) is 24.1 Å². The molecule has 206 valence electrons. The summed E-state index contributed by atoms with van der Waals surface area (Å²) < 4.78 is 34.8. The summed E-state index contributed by atoms with van der Waals surface area (Å²) in [6.07, 6.45) is 3.00. The van der Waals surface area contributed by atoms with Crippen molar-refractivity contribution >= 4 is 50.6 Å². The number of anilines is 3. The summed E-state index contributed by atoms with van der Waals surface area (Å²) in [5.41, 5.74) is 12.7. The van der Waals surface area contributed by atoms with Crippen LogP contribution in [0.25, 0.3) is 17.2 Å². The summed E-state index contributed by atoms with van der Waals surface area (Å²) in [5.74, 6) is 0.0881. The highest BCUT2D eigenvalue weighted by Gasteiger charge is 2.21. The van der Waals surface area contributed by atoms with E-state index in [0.29, 0.717) is 41.7 Å². The summed E-state index contributed by atoms with van der Waals surface area (Å²) in [6, 6.07) is 14.1. The zero-order chi connectivity index (χ0) is 28.4. The van der Waals surface area contributed by atoms with Crippen LogP contribution in [0.1, 0.15) is 22.3 Å². The molecule has 7 N–H and O–H groups in total. The molecule has 0 aliphatic carbocycles. The van der Waals surface area contributed by atoms with Crippen molar-refractivity contribution < 1.29 is 22.7 Å². The average Bonchev–Trinajstić information content (AvgIpc) is 3.59. The Morgan fingerprint density at radius 1 is 1.12 bits per heavy atom. The predicted octanol–water partition coefficient (Wildman–Crippen LogP) is 3.27. The molecule has 0 bridgehead atoms. The topological polar surface area (TPSA) is 204 Å². The molecule has 2 aromatic carbocycles. The highest BCUT2D eigenvalue weighted by molar-refractivity contribution is 7.92. The molecule has 0 aliphatic rings. The summed E-state index contributed by atoms with van der Waals surface area (Å²) in [7, 11) is -4.10. The Morgan fingerprint density at radius 3 is 2.60 bits per heavy atom. The van der Waals surface area contributed by atoms with Gasteiger partial charge in [0.15, 0.2) is 11.4 Å². The molecule has 0 unspecified atom stereocenters. The van der Waals surface area contributed by atoms with Gasteiger partial charge in [-0.3, -0.25) is 9.52 Å². The number of hydrogen-bond donors (Lipinski definition) is 5. The number of nitrogen functional groups attached to an aromatic ring is 1. The van der Waals surface area contributed by atoms with Gasteiger partial charge in [-0.15, -0.1) is 5.10 Å². The predicted molar refractivity (Wildman–Crippen MR) is 149 cm³/mol. The number of hydrogen-bond acceptors (Lipinski definition) is 10. The second-order valence-corrected chi connectivity index (χ2v) is 10.8. The van der Waals surface area contributed by atoms with Crippen LogP contribution in [0.3, 0.4) is 0 Å². The summed E-state index contributed by atoms with van der Waals surface area (Å²) in [4.78, 5) is 20.0. The van der Waals surface area contributed by atoms with Gasteiger partial charge < -0.3 is 26.3 Å². The van der Waals surface area contributed by atoms with Crippen molar-refractivity contribution in [3.63, 3.8) is 0 Å². The van der Waals surface area contributed by atoms with Gasteiger partial charge in [-0.25, -0.2) is 13.4 Å². The third kappa shape index (κ3) is 5.62. The van der Waals surface area contributed by atoms with Gasteiger partial charge in [-0.1, -0.05) is 23.7 Å². The standard InChI is InChI=1S/C25H23ClN8O5S/c26-18-12-16(11-17(22(18)35)23(27)36)40(37,38)33-15-7-5-14(6-8-15)3-1-9-29-20-13-21-31-24(19-4-2-10-39-19)32-34(21)25(28)30-20/h2,4-8,10-13,29,33,35H,1,3,9H2,(H2,27,36)(H2,28,30). The van der Waals surface area contributed by atoms with Crippen LogP contribution < -0.4 is 21.5 Å². The Labute approximate surface area is 232 Å². The number of nitrogens with one attached hydrogen (secondary N) is 2. The van der Waals surface area contributed by atoms with Crippen LogP contribution in [0, 0.1) is 0 Å². The van der Waals surface area contributed by atoms with Crippen LogP contribution >= 0.6 is 11.6 Å². The molecule has 13 nitrogen and oxygen atoms in total. The average molecular weight is 583 g/mol. The van der Waals surface area contributed by atoms with Crippen molar-refractivity contribution in [2.24, 2.45) is 5.73 Å². The number of primary amides is 1. The van der Waals surface area contributed by atoms with E-state index in [-0.39, 0.29) is 15.9 Å². The van der Waals surface area contributed by atoms with Crippen LogP contribution in [0.4, 0.5) is 17.5 Å². The lowest BCUT2D eigenvalue weighted by molar-refractivity contribution is 0.0997. The number of benzene rings is 2.